The van der Waals surface area contributed by atoms with E-state index in [1.807, 2.05) is 6.07 Å². The number of nitro groups is 1. The number of nitrogens with zero attached hydrogens (tertiary/aromatic N) is 3. The number of rotatable bonds is 3. The Morgan fingerprint density at radius 1 is 1.21 bits per heavy atom. The molecule has 1 amide bonds. The molecule has 2 heterocycles. The number of hydrogen-bond acceptors (Lipinski definition) is 7. The van der Waals surface area contributed by atoms with E-state index in [4.69, 9.17) is 14.2 Å². The van der Waals surface area contributed by atoms with Crippen LogP contribution in [-0.4, -0.2) is 35.1 Å². The monoisotopic (exact) mass is 381 g/mol. The van der Waals surface area contributed by atoms with Crippen molar-refractivity contribution in [1.82, 2.24) is 4.90 Å². The van der Waals surface area contributed by atoms with Gasteiger partial charge in [0.05, 0.1) is 10.6 Å². The number of hydrogen-bond donors (Lipinski definition) is 0. The number of aliphatic imine (C=N–C) groups is 1. The molecule has 142 valence electrons. The first-order chi connectivity index (χ1) is 13.5. The van der Waals surface area contributed by atoms with Crippen molar-refractivity contribution in [3.05, 3.63) is 64.2 Å². The van der Waals surface area contributed by atoms with Gasteiger partial charge in [-0.3, -0.25) is 20.0 Å². The van der Waals surface area contributed by atoms with Crippen LogP contribution in [-0.2, 0) is 0 Å². The number of fused-ring (bicyclic) bond motifs is 1. The molecule has 9 nitrogen and oxygen atoms in total. The summed E-state index contributed by atoms with van der Waals surface area (Å²) in [5.74, 6) is 1.43. The standard InChI is InChI=1S/C19H15N3O6/c1-12-20-9-8-16(13-2-7-17-18(10-13)27-11-26-17)21(12)19(23)28-15-5-3-14(4-6-15)22(24)25/h2-10,12H,11H2,1H3. The molecule has 2 aromatic carbocycles. The maximum Gasteiger partial charge on any atom is 0.421 e. The summed E-state index contributed by atoms with van der Waals surface area (Å²) in [7, 11) is 0. The number of allylic oxidation sites excluding steroid dienone is 1. The van der Waals surface area contributed by atoms with Gasteiger partial charge >= 0.3 is 6.09 Å². The second-order valence-electron chi connectivity index (χ2n) is 6.04. The number of non-ortho nitro benzene ring substituents is 1. The third kappa shape index (κ3) is 3.25. The molecule has 1 unspecified atom stereocenters. The molecule has 0 spiro atoms. The van der Waals surface area contributed by atoms with Crippen LogP contribution in [0.2, 0.25) is 0 Å². The highest BCUT2D eigenvalue weighted by Crippen LogP contribution is 2.36. The summed E-state index contributed by atoms with van der Waals surface area (Å²) < 4.78 is 16.1. The lowest BCUT2D eigenvalue weighted by Crippen LogP contribution is -2.39. The minimum Gasteiger partial charge on any atom is -0.454 e. The third-order valence-electron chi connectivity index (χ3n) is 4.29. The van der Waals surface area contributed by atoms with Crippen LogP contribution in [0.15, 0.2) is 53.5 Å². The Hall–Kier alpha value is -3.88. The molecule has 0 aliphatic carbocycles. The highest BCUT2D eigenvalue weighted by Gasteiger charge is 2.29. The van der Waals surface area contributed by atoms with E-state index in [0.717, 1.165) is 5.56 Å². The smallest absolute Gasteiger partial charge is 0.421 e. The molecule has 0 saturated heterocycles. The van der Waals surface area contributed by atoms with Gasteiger partial charge in [0.15, 0.2) is 11.5 Å². The lowest BCUT2D eigenvalue weighted by Gasteiger charge is -2.30. The van der Waals surface area contributed by atoms with Crippen LogP contribution in [0.1, 0.15) is 12.5 Å². The van der Waals surface area contributed by atoms with Gasteiger partial charge in [0.1, 0.15) is 11.9 Å². The zero-order valence-corrected chi connectivity index (χ0v) is 14.8. The van der Waals surface area contributed by atoms with Crippen molar-refractivity contribution in [3.8, 4) is 17.2 Å². The van der Waals surface area contributed by atoms with Gasteiger partial charge in [0.2, 0.25) is 6.79 Å². The summed E-state index contributed by atoms with van der Waals surface area (Å²) in [5.41, 5.74) is 1.24. The number of benzene rings is 2. The number of carbonyl (C=O) groups excluding carboxylic acids is 1. The lowest BCUT2D eigenvalue weighted by molar-refractivity contribution is -0.384. The maximum absolute atomic E-state index is 12.8. The molecule has 4 rings (SSSR count). The highest BCUT2D eigenvalue weighted by molar-refractivity contribution is 5.93. The van der Waals surface area contributed by atoms with Crippen molar-refractivity contribution in [1.29, 1.82) is 0 Å². The predicted octanol–water partition coefficient (Wildman–Crippen LogP) is 3.60. The fourth-order valence-corrected chi connectivity index (χ4v) is 2.91. The van der Waals surface area contributed by atoms with Crippen LogP contribution in [0.4, 0.5) is 10.5 Å². The van der Waals surface area contributed by atoms with Crippen LogP contribution in [0.25, 0.3) is 5.70 Å². The summed E-state index contributed by atoms with van der Waals surface area (Å²) in [4.78, 5) is 28.7. The molecule has 2 aliphatic heterocycles. The van der Waals surface area contributed by atoms with Crippen LogP contribution in [0.3, 0.4) is 0 Å². The second kappa shape index (κ2) is 7.03. The average Bonchev–Trinajstić information content (AvgIpc) is 3.16. The van der Waals surface area contributed by atoms with E-state index in [1.165, 1.54) is 29.2 Å². The Bertz CT molecular complexity index is 999. The Balaban J connectivity index is 1.59. The number of ether oxygens (including phenoxy) is 3. The average molecular weight is 381 g/mol. The summed E-state index contributed by atoms with van der Waals surface area (Å²) in [6.07, 6.45) is 2.19. The molecule has 2 aliphatic rings. The van der Waals surface area contributed by atoms with E-state index < -0.39 is 17.2 Å². The summed E-state index contributed by atoms with van der Waals surface area (Å²) >= 11 is 0. The first kappa shape index (κ1) is 17.5. The van der Waals surface area contributed by atoms with Gasteiger partial charge < -0.3 is 14.2 Å². The summed E-state index contributed by atoms with van der Waals surface area (Å²) in [5, 5.41) is 10.8. The van der Waals surface area contributed by atoms with Crippen molar-refractivity contribution < 1.29 is 23.9 Å². The second-order valence-corrected chi connectivity index (χ2v) is 6.04. The van der Waals surface area contributed by atoms with Crippen molar-refractivity contribution in [3.63, 3.8) is 0 Å². The molecule has 0 saturated carbocycles. The molecule has 2 aromatic rings. The molecule has 28 heavy (non-hydrogen) atoms. The van der Waals surface area contributed by atoms with Gasteiger partial charge in [0.25, 0.3) is 5.69 Å². The fraction of sp³-hybridized carbons (Fsp3) is 0.158. The molecule has 0 fully saturated rings. The van der Waals surface area contributed by atoms with Crippen molar-refractivity contribution in [2.24, 2.45) is 4.99 Å². The number of amides is 1. The van der Waals surface area contributed by atoms with E-state index in [1.54, 1.807) is 31.3 Å². The molecular weight excluding hydrogens is 366 g/mol. The van der Waals surface area contributed by atoms with E-state index >= 15 is 0 Å². The Morgan fingerprint density at radius 2 is 1.96 bits per heavy atom. The first-order valence-electron chi connectivity index (χ1n) is 8.42. The molecular formula is C19H15N3O6. The van der Waals surface area contributed by atoms with Gasteiger partial charge in [0, 0.05) is 23.9 Å². The lowest BCUT2D eigenvalue weighted by atomic mass is 10.1. The zero-order chi connectivity index (χ0) is 19.7. The van der Waals surface area contributed by atoms with Crippen LogP contribution < -0.4 is 14.2 Å². The van der Waals surface area contributed by atoms with E-state index in [-0.39, 0.29) is 18.2 Å². The number of carbonyl (C=O) groups is 1. The van der Waals surface area contributed by atoms with Crippen molar-refractivity contribution in [2.45, 2.75) is 13.1 Å². The van der Waals surface area contributed by atoms with Crippen LogP contribution in [0, 0.1) is 10.1 Å². The van der Waals surface area contributed by atoms with E-state index in [0.29, 0.717) is 17.2 Å². The number of nitro benzene ring substituents is 1. The van der Waals surface area contributed by atoms with Crippen LogP contribution >= 0.6 is 0 Å². The maximum atomic E-state index is 12.8. The first-order valence-corrected chi connectivity index (χ1v) is 8.42. The van der Waals surface area contributed by atoms with Gasteiger partial charge in [-0.15, -0.1) is 0 Å². The minimum absolute atomic E-state index is 0.0864. The van der Waals surface area contributed by atoms with Gasteiger partial charge in [-0.05, 0) is 43.3 Å². The Kier molecular flexibility index (Phi) is 4.40. The topological polar surface area (TPSA) is 104 Å². The largest absolute Gasteiger partial charge is 0.454 e. The minimum atomic E-state index is -0.651. The highest BCUT2D eigenvalue weighted by atomic mass is 16.7. The normalized spacial score (nSPS) is 17.2. The third-order valence-corrected chi connectivity index (χ3v) is 4.29. The molecule has 0 aromatic heterocycles. The SMILES string of the molecule is CC1N=CC=C(c2ccc3c(c2)OCO3)N1C(=O)Oc1ccc([N+](=O)[O-])cc1. The van der Waals surface area contributed by atoms with Gasteiger partial charge in [-0.25, -0.2) is 4.79 Å². The van der Waals surface area contributed by atoms with Gasteiger partial charge in [-0.1, -0.05) is 0 Å². The fourth-order valence-electron chi connectivity index (χ4n) is 2.91. The summed E-state index contributed by atoms with van der Waals surface area (Å²) in [6.45, 7) is 1.91. The molecule has 9 heteroatoms. The Morgan fingerprint density at radius 3 is 2.71 bits per heavy atom. The molecule has 0 bridgehead atoms. The van der Waals surface area contributed by atoms with E-state index in [2.05, 4.69) is 4.99 Å². The zero-order valence-electron chi connectivity index (χ0n) is 14.8. The molecule has 1 atom stereocenters. The molecule has 0 N–H and O–H groups in total. The summed E-state index contributed by atoms with van der Waals surface area (Å²) in [6, 6.07) is 10.7. The van der Waals surface area contributed by atoms with Crippen molar-refractivity contribution >= 4 is 23.7 Å². The predicted molar refractivity (Wildman–Crippen MR) is 99.5 cm³/mol. The molecule has 0 radical (unpaired) electrons. The van der Waals surface area contributed by atoms with Crippen molar-refractivity contribution in [2.75, 3.05) is 6.79 Å². The van der Waals surface area contributed by atoms with Gasteiger partial charge in [-0.2, -0.15) is 0 Å². The van der Waals surface area contributed by atoms with E-state index in [9.17, 15) is 14.9 Å². The van der Waals surface area contributed by atoms with Crippen LogP contribution in [0.5, 0.6) is 17.2 Å². The quantitative estimate of drug-likeness (QED) is 0.594. The Labute approximate surface area is 159 Å².